The topological polar surface area (TPSA) is 61.5 Å². The average Bonchev–Trinajstić information content (AvgIpc) is 2.28. The van der Waals surface area contributed by atoms with Gasteiger partial charge in [0.15, 0.2) is 0 Å². The Morgan fingerprint density at radius 3 is 2.94 bits per heavy atom. The Morgan fingerprint density at radius 1 is 1.56 bits per heavy atom. The van der Waals surface area contributed by atoms with Gasteiger partial charge in [-0.2, -0.15) is 0 Å². The van der Waals surface area contributed by atoms with E-state index >= 15 is 0 Å². The van der Waals surface area contributed by atoms with Crippen LogP contribution in [0.25, 0.3) is 0 Å². The highest BCUT2D eigenvalue weighted by atomic mass is 32.1. The van der Waals surface area contributed by atoms with Crippen LogP contribution in [0.1, 0.15) is 22.8 Å². The van der Waals surface area contributed by atoms with Gasteiger partial charge in [-0.05, 0) is 37.3 Å². The number of rotatable bonds is 5. The zero-order chi connectivity index (χ0) is 12.0. The molecule has 0 aliphatic carbocycles. The van der Waals surface area contributed by atoms with E-state index in [1.807, 2.05) is 0 Å². The summed E-state index contributed by atoms with van der Waals surface area (Å²) in [5.41, 5.74) is 8.62. The van der Waals surface area contributed by atoms with Crippen molar-refractivity contribution >= 4 is 29.4 Å². The first-order valence-electron chi connectivity index (χ1n) is 4.79. The lowest BCUT2D eigenvalue weighted by atomic mass is 10.1. The van der Waals surface area contributed by atoms with Crippen LogP contribution in [0, 0.1) is 0 Å². The lowest BCUT2D eigenvalue weighted by molar-refractivity contribution is 0.0526. The van der Waals surface area contributed by atoms with Crippen LogP contribution in [0.2, 0.25) is 0 Å². The minimum Gasteiger partial charge on any atom is -0.485 e. The zero-order valence-corrected chi connectivity index (χ0v) is 9.75. The summed E-state index contributed by atoms with van der Waals surface area (Å²) in [5.74, 6) is -0.369. The number of esters is 1. The van der Waals surface area contributed by atoms with Crippen molar-refractivity contribution in [2.24, 2.45) is 0 Å². The van der Waals surface area contributed by atoms with Gasteiger partial charge in [0.05, 0.1) is 12.2 Å². The van der Waals surface area contributed by atoms with Gasteiger partial charge in [-0.25, -0.2) is 4.79 Å². The molecule has 0 fully saturated rings. The number of ether oxygens (including phenoxy) is 2. The molecule has 0 saturated carbocycles. The third-order valence-corrected chi connectivity index (χ3v) is 2.10. The summed E-state index contributed by atoms with van der Waals surface area (Å²) >= 11 is 4.54. The van der Waals surface area contributed by atoms with Crippen LogP contribution in [-0.4, -0.2) is 18.1 Å². The van der Waals surface area contributed by atoms with Crippen LogP contribution in [0.4, 0.5) is 5.69 Å². The van der Waals surface area contributed by atoms with Crippen molar-refractivity contribution < 1.29 is 14.3 Å². The second-order valence-electron chi connectivity index (χ2n) is 3.04. The molecule has 5 heteroatoms. The highest BCUT2D eigenvalue weighted by Gasteiger charge is 2.09. The Balaban J connectivity index is 2.88. The van der Waals surface area contributed by atoms with Crippen molar-refractivity contribution in [3.05, 3.63) is 29.3 Å². The third-order valence-electron chi connectivity index (χ3n) is 1.96. The lowest BCUT2D eigenvalue weighted by Gasteiger charge is -2.07. The Morgan fingerprint density at radius 2 is 2.31 bits per heavy atom. The maximum absolute atomic E-state index is 11.4. The van der Waals surface area contributed by atoms with E-state index in [0.717, 1.165) is 5.55 Å². The first-order valence-corrected chi connectivity index (χ1v) is 5.27. The number of hydrogen-bond donors (Lipinski definition) is 1. The SMILES string of the molecule is CCOC(=O)c1ccc(N)c(COC=S)c1. The molecule has 0 bridgehead atoms. The molecule has 0 unspecified atom stereocenters. The molecule has 0 aliphatic heterocycles. The van der Waals surface area contributed by atoms with Crippen molar-refractivity contribution in [1.82, 2.24) is 0 Å². The van der Waals surface area contributed by atoms with Crippen LogP contribution >= 0.6 is 12.2 Å². The van der Waals surface area contributed by atoms with E-state index in [1.54, 1.807) is 25.1 Å². The molecule has 1 aromatic carbocycles. The molecule has 1 aromatic rings. The van der Waals surface area contributed by atoms with Gasteiger partial charge in [-0.15, -0.1) is 0 Å². The monoisotopic (exact) mass is 239 g/mol. The quantitative estimate of drug-likeness (QED) is 0.483. The molecule has 0 amide bonds. The second-order valence-corrected chi connectivity index (χ2v) is 3.23. The van der Waals surface area contributed by atoms with Crippen molar-refractivity contribution in [3.8, 4) is 0 Å². The lowest BCUT2D eigenvalue weighted by Crippen LogP contribution is -2.06. The van der Waals surface area contributed by atoms with Crippen molar-refractivity contribution in [2.45, 2.75) is 13.5 Å². The van der Waals surface area contributed by atoms with Crippen molar-refractivity contribution in [3.63, 3.8) is 0 Å². The molecule has 0 aromatic heterocycles. The van der Waals surface area contributed by atoms with E-state index in [4.69, 9.17) is 15.2 Å². The highest BCUT2D eigenvalue weighted by Crippen LogP contribution is 2.15. The average molecular weight is 239 g/mol. The van der Waals surface area contributed by atoms with Gasteiger partial charge in [0.25, 0.3) is 0 Å². The van der Waals surface area contributed by atoms with E-state index in [1.165, 1.54) is 0 Å². The number of hydrogen-bond acceptors (Lipinski definition) is 5. The molecule has 0 saturated heterocycles. The fourth-order valence-electron chi connectivity index (χ4n) is 1.20. The molecular formula is C11H13NO3S. The van der Waals surface area contributed by atoms with E-state index < -0.39 is 0 Å². The summed E-state index contributed by atoms with van der Waals surface area (Å²) in [6.07, 6.45) is 0. The van der Waals surface area contributed by atoms with E-state index in [9.17, 15) is 4.79 Å². The first kappa shape index (κ1) is 12.4. The summed E-state index contributed by atoms with van der Waals surface area (Å²) < 4.78 is 9.83. The van der Waals surface area contributed by atoms with Crippen LogP contribution in [-0.2, 0) is 16.1 Å². The van der Waals surface area contributed by atoms with Gasteiger partial charge in [0.1, 0.15) is 12.2 Å². The number of anilines is 1. The zero-order valence-electron chi connectivity index (χ0n) is 8.93. The first-order chi connectivity index (χ1) is 7.69. The predicted molar refractivity (Wildman–Crippen MR) is 65.3 cm³/mol. The number of nitrogens with two attached hydrogens (primary N) is 1. The highest BCUT2D eigenvalue weighted by molar-refractivity contribution is 7.78. The summed E-state index contributed by atoms with van der Waals surface area (Å²) in [7, 11) is 0. The van der Waals surface area contributed by atoms with E-state index in [-0.39, 0.29) is 12.6 Å². The standard InChI is InChI=1S/C11H13NO3S/c1-2-15-11(13)8-3-4-10(12)9(5-8)6-14-7-16/h3-5,7H,2,6,12H2,1H3. The molecule has 0 radical (unpaired) electrons. The third kappa shape index (κ3) is 3.20. The van der Waals surface area contributed by atoms with Gasteiger partial charge in [-0.1, -0.05) is 0 Å². The molecule has 0 heterocycles. The fourth-order valence-corrected chi connectivity index (χ4v) is 1.26. The minimum absolute atomic E-state index is 0.253. The Labute approximate surface area is 99.3 Å². The number of nitrogen functional groups attached to an aromatic ring is 1. The molecule has 2 N–H and O–H groups in total. The van der Waals surface area contributed by atoms with Crippen molar-refractivity contribution in [1.29, 1.82) is 0 Å². The molecule has 86 valence electrons. The van der Waals surface area contributed by atoms with Crippen molar-refractivity contribution in [2.75, 3.05) is 12.3 Å². The minimum atomic E-state index is -0.369. The molecule has 0 aliphatic rings. The van der Waals surface area contributed by atoms with Gasteiger partial charge in [-0.3, -0.25) is 0 Å². The van der Waals surface area contributed by atoms with Gasteiger partial charge in [0.2, 0.25) is 0 Å². The van der Waals surface area contributed by atoms with Crippen LogP contribution in [0.3, 0.4) is 0 Å². The summed E-state index contributed by atoms with van der Waals surface area (Å²) in [6.45, 7) is 2.35. The molecule has 16 heavy (non-hydrogen) atoms. The number of carbonyl (C=O) groups excluding carboxylic acids is 1. The Kier molecular flexibility index (Phi) is 4.72. The molecule has 0 atom stereocenters. The summed E-state index contributed by atoms with van der Waals surface area (Å²) in [6, 6.07) is 4.91. The maximum atomic E-state index is 11.4. The fraction of sp³-hybridized carbons (Fsp3) is 0.273. The number of thiocarbonyl (C=S) groups is 1. The summed E-state index contributed by atoms with van der Waals surface area (Å²) in [4.78, 5) is 11.4. The normalized spacial score (nSPS) is 9.56. The maximum Gasteiger partial charge on any atom is 0.338 e. The second kappa shape index (κ2) is 6.07. The molecule has 0 spiro atoms. The summed E-state index contributed by atoms with van der Waals surface area (Å²) in [5, 5.41) is 0. The largest absolute Gasteiger partial charge is 0.485 e. The smallest absolute Gasteiger partial charge is 0.338 e. The van der Waals surface area contributed by atoms with E-state index in [0.29, 0.717) is 23.4 Å². The van der Waals surface area contributed by atoms with Crippen LogP contribution < -0.4 is 5.73 Å². The van der Waals surface area contributed by atoms with Gasteiger partial charge < -0.3 is 15.2 Å². The number of benzene rings is 1. The van der Waals surface area contributed by atoms with Crippen LogP contribution in [0.15, 0.2) is 18.2 Å². The van der Waals surface area contributed by atoms with E-state index in [2.05, 4.69) is 12.2 Å². The Hall–Kier alpha value is -1.62. The Bertz CT molecular complexity index is 393. The number of carbonyl (C=O) groups is 1. The molecular weight excluding hydrogens is 226 g/mol. The molecule has 4 nitrogen and oxygen atoms in total. The molecule has 1 rings (SSSR count). The van der Waals surface area contributed by atoms with Crippen LogP contribution in [0.5, 0.6) is 0 Å². The van der Waals surface area contributed by atoms with Gasteiger partial charge >= 0.3 is 5.97 Å². The van der Waals surface area contributed by atoms with Gasteiger partial charge in [0, 0.05) is 11.3 Å². The predicted octanol–water partition coefficient (Wildman–Crippen LogP) is 1.92.